The van der Waals surface area contributed by atoms with E-state index in [2.05, 4.69) is 0 Å². The minimum Gasteiger partial charge on any atom is -0.392 e. The van der Waals surface area contributed by atoms with Crippen LogP contribution in [0.4, 0.5) is 13.2 Å². The molecule has 0 fully saturated rings. The molecule has 0 bridgehead atoms. The average Bonchev–Trinajstić information content (AvgIpc) is 2.13. The molecule has 0 aliphatic heterocycles. The van der Waals surface area contributed by atoms with E-state index >= 15 is 0 Å². The molecule has 7 heteroatoms. The lowest BCUT2D eigenvalue weighted by atomic mass is 9.91. The summed E-state index contributed by atoms with van der Waals surface area (Å²) in [5, 5.41) is 0. The van der Waals surface area contributed by atoms with Crippen molar-refractivity contribution >= 4 is 23.1 Å². The molecule has 17 heavy (non-hydrogen) atoms. The van der Waals surface area contributed by atoms with Gasteiger partial charge in [-0.1, -0.05) is 19.1 Å². The number of hydrogen-bond acceptors (Lipinski definition) is 2. The highest BCUT2D eigenvalue weighted by Crippen LogP contribution is 2.23. The maximum Gasteiger partial charge on any atom is 0.406 e. The second-order valence-electron chi connectivity index (χ2n) is 4.33. The third-order valence-electron chi connectivity index (χ3n) is 2.30. The highest BCUT2D eigenvalue weighted by molar-refractivity contribution is 7.80. The quantitative estimate of drug-likeness (QED) is 0.778. The van der Waals surface area contributed by atoms with Crippen LogP contribution in [-0.4, -0.2) is 35.1 Å². The summed E-state index contributed by atoms with van der Waals surface area (Å²) in [6.45, 7) is 3.31. The van der Waals surface area contributed by atoms with Gasteiger partial charge < -0.3 is 10.6 Å². The third kappa shape index (κ3) is 4.89. The topological polar surface area (TPSA) is 46.3 Å². The fourth-order valence-electron chi connectivity index (χ4n) is 1.24. The zero-order valence-electron chi connectivity index (χ0n) is 10.1. The predicted octanol–water partition coefficient (Wildman–Crippen LogP) is 2.10. The molecule has 0 saturated heterocycles. The fraction of sp³-hybridized carbons (Fsp3) is 0.800. The zero-order chi connectivity index (χ0) is 13.9. The summed E-state index contributed by atoms with van der Waals surface area (Å²) < 4.78 is 37.0. The first-order chi connectivity index (χ1) is 7.52. The fourth-order valence-corrected chi connectivity index (χ4v) is 1.33. The first kappa shape index (κ1) is 16.1. The largest absolute Gasteiger partial charge is 0.406 e. The Morgan fingerprint density at radius 2 is 1.82 bits per heavy atom. The van der Waals surface area contributed by atoms with Gasteiger partial charge in [0.1, 0.15) is 6.54 Å². The van der Waals surface area contributed by atoms with Gasteiger partial charge in [0.15, 0.2) is 0 Å². The number of thiocarbonyl (C=S) groups is 1. The van der Waals surface area contributed by atoms with Crippen molar-refractivity contribution in [3.8, 4) is 0 Å². The Kier molecular flexibility index (Phi) is 5.38. The van der Waals surface area contributed by atoms with Crippen LogP contribution in [0.5, 0.6) is 0 Å². The molecule has 0 unspecified atom stereocenters. The van der Waals surface area contributed by atoms with E-state index in [-0.39, 0.29) is 11.5 Å². The molecule has 0 saturated carbocycles. The zero-order valence-corrected chi connectivity index (χ0v) is 10.9. The Bertz CT molecular complexity index is 302. The lowest BCUT2D eigenvalue weighted by Gasteiger charge is -2.31. The molecule has 100 valence electrons. The van der Waals surface area contributed by atoms with Gasteiger partial charge in [0.2, 0.25) is 5.91 Å². The molecule has 0 aromatic rings. The molecule has 0 radical (unpaired) electrons. The van der Waals surface area contributed by atoms with Crippen molar-refractivity contribution in [2.75, 3.05) is 13.1 Å². The Morgan fingerprint density at radius 3 is 2.12 bits per heavy atom. The molecular weight excluding hydrogens is 253 g/mol. The molecule has 0 spiro atoms. The van der Waals surface area contributed by atoms with Crippen molar-refractivity contribution < 1.29 is 18.0 Å². The SMILES string of the molecule is CCCN(CC(F)(F)F)C(=O)C(C)(C)C(N)=S. The minimum absolute atomic E-state index is 0.0321. The molecule has 0 aromatic heterocycles. The number of hydrogen-bond donors (Lipinski definition) is 1. The van der Waals surface area contributed by atoms with Crippen molar-refractivity contribution in [1.82, 2.24) is 4.90 Å². The molecule has 0 aliphatic carbocycles. The monoisotopic (exact) mass is 270 g/mol. The van der Waals surface area contributed by atoms with Crippen molar-refractivity contribution in [1.29, 1.82) is 0 Å². The Labute approximate surface area is 104 Å². The van der Waals surface area contributed by atoms with E-state index in [1.54, 1.807) is 6.92 Å². The summed E-state index contributed by atoms with van der Waals surface area (Å²) in [6, 6.07) is 0. The summed E-state index contributed by atoms with van der Waals surface area (Å²) in [5.74, 6) is -0.691. The van der Waals surface area contributed by atoms with Gasteiger partial charge in [0.25, 0.3) is 0 Å². The van der Waals surface area contributed by atoms with E-state index in [1.165, 1.54) is 13.8 Å². The Hall–Kier alpha value is -0.850. The number of nitrogens with zero attached hydrogens (tertiary/aromatic N) is 1. The summed E-state index contributed by atoms with van der Waals surface area (Å²) in [6.07, 6.45) is -3.98. The van der Waals surface area contributed by atoms with Gasteiger partial charge in [-0.2, -0.15) is 13.2 Å². The van der Waals surface area contributed by atoms with Crippen LogP contribution in [0.25, 0.3) is 0 Å². The smallest absolute Gasteiger partial charge is 0.392 e. The Morgan fingerprint density at radius 1 is 1.35 bits per heavy atom. The molecule has 2 N–H and O–H groups in total. The van der Waals surface area contributed by atoms with Gasteiger partial charge >= 0.3 is 6.18 Å². The number of amides is 1. The lowest BCUT2D eigenvalue weighted by Crippen LogP contribution is -2.50. The van der Waals surface area contributed by atoms with Crippen LogP contribution in [0, 0.1) is 5.41 Å². The summed E-state index contributed by atoms with van der Waals surface area (Å²) in [7, 11) is 0. The third-order valence-corrected chi connectivity index (χ3v) is 2.81. The van der Waals surface area contributed by atoms with Crippen LogP contribution in [-0.2, 0) is 4.79 Å². The maximum atomic E-state index is 12.3. The summed E-state index contributed by atoms with van der Waals surface area (Å²) in [4.78, 5) is 12.6. The van der Waals surface area contributed by atoms with E-state index in [0.717, 1.165) is 4.90 Å². The highest BCUT2D eigenvalue weighted by Gasteiger charge is 2.39. The number of alkyl halides is 3. The van der Waals surface area contributed by atoms with Gasteiger partial charge in [-0.05, 0) is 20.3 Å². The molecule has 0 aromatic carbocycles. The van der Waals surface area contributed by atoms with E-state index < -0.39 is 24.0 Å². The highest BCUT2D eigenvalue weighted by atomic mass is 32.1. The first-order valence-electron chi connectivity index (χ1n) is 5.18. The van der Waals surface area contributed by atoms with Crippen LogP contribution >= 0.6 is 12.2 Å². The number of nitrogens with two attached hydrogens (primary N) is 1. The van der Waals surface area contributed by atoms with Crippen LogP contribution in [0.1, 0.15) is 27.2 Å². The molecule has 0 aliphatic rings. The molecular formula is C10H17F3N2OS. The van der Waals surface area contributed by atoms with Gasteiger partial charge in [-0.25, -0.2) is 0 Å². The van der Waals surface area contributed by atoms with E-state index in [9.17, 15) is 18.0 Å². The standard InChI is InChI=1S/C10H17F3N2OS/c1-4-5-15(6-10(11,12)13)8(16)9(2,3)7(14)17/h4-6H2,1-3H3,(H2,14,17). The van der Waals surface area contributed by atoms with Crippen molar-refractivity contribution in [2.45, 2.75) is 33.4 Å². The minimum atomic E-state index is -4.42. The second kappa shape index (κ2) is 5.66. The van der Waals surface area contributed by atoms with Gasteiger partial charge in [-0.3, -0.25) is 4.79 Å². The molecule has 0 atom stereocenters. The average molecular weight is 270 g/mol. The van der Waals surface area contributed by atoms with E-state index in [0.29, 0.717) is 6.42 Å². The number of rotatable bonds is 5. The molecule has 3 nitrogen and oxygen atoms in total. The summed E-state index contributed by atoms with van der Waals surface area (Å²) in [5.41, 5.74) is 4.12. The molecule has 0 rings (SSSR count). The lowest BCUT2D eigenvalue weighted by molar-refractivity contribution is -0.164. The van der Waals surface area contributed by atoms with Crippen LogP contribution in [0.15, 0.2) is 0 Å². The number of carbonyl (C=O) groups is 1. The number of halogens is 3. The molecule has 1 amide bonds. The van der Waals surface area contributed by atoms with Crippen LogP contribution in [0.3, 0.4) is 0 Å². The summed E-state index contributed by atoms with van der Waals surface area (Å²) >= 11 is 4.70. The van der Waals surface area contributed by atoms with Gasteiger partial charge in [0, 0.05) is 6.54 Å². The molecule has 0 heterocycles. The van der Waals surface area contributed by atoms with Crippen molar-refractivity contribution in [2.24, 2.45) is 11.1 Å². The normalized spacial score (nSPS) is 12.4. The van der Waals surface area contributed by atoms with Crippen LogP contribution in [0.2, 0.25) is 0 Å². The first-order valence-corrected chi connectivity index (χ1v) is 5.59. The van der Waals surface area contributed by atoms with E-state index in [1.807, 2.05) is 0 Å². The second-order valence-corrected chi connectivity index (χ2v) is 4.77. The van der Waals surface area contributed by atoms with Gasteiger partial charge in [0.05, 0.1) is 10.4 Å². The number of carbonyl (C=O) groups excluding carboxylic acids is 1. The maximum absolute atomic E-state index is 12.3. The van der Waals surface area contributed by atoms with Crippen molar-refractivity contribution in [3.63, 3.8) is 0 Å². The predicted molar refractivity (Wildman–Crippen MR) is 63.5 cm³/mol. The van der Waals surface area contributed by atoms with Gasteiger partial charge in [-0.15, -0.1) is 0 Å². The van der Waals surface area contributed by atoms with E-state index in [4.69, 9.17) is 18.0 Å². The Balaban J connectivity index is 4.95. The van der Waals surface area contributed by atoms with Crippen LogP contribution < -0.4 is 5.73 Å². The van der Waals surface area contributed by atoms with Crippen molar-refractivity contribution in [3.05, 3.63) is 0 Å².